The number of aromatic nitrogens is 1. The number of carbonyl (C=O) groups excluding carboxylic acids is 5. The molecule has 276 valence electrons. The SMILES string of the molecule is CCCCN1CCCC[C@@H]1C(=O)C[C@H](C(=O)N(C)[C@H](C[C@@H](OC(C)=O)c1nc(C(=O)NC2CCC(C(=O)OC)CC2)cs1)C(C)C)C(C)C. The maximum absolute atomic E-state index is 14.2. The number of piperidine rings is 1. The lowest BCUT2D eigenvalue weighted by Gasteiger charge is -2.38. The van der Waals surface area contributed by atoms with Gasteiger partial charge in [0.15, 0.2) is 11.9 Å². The largest absolute Gasteiger partial charge is 0.469 e. The Morgan fingerprint density at radius 2 is 1.73 bits per heavy atom. The molecule has 0 spiro atoms. The molecule has 3 rings (SSSR count). The van der Waals surface area contributed by atoms with Crippen molar-refractivity contribution in [3.63, 3.8) is 0 Å². The summed E-state index contributed by atoms with van der Waals surface area (Å²) in [5.41, 5.74) is 0.242. The molecule has 1 saturated heterocycles. The number of carbonyl (C=O) groups is 5. The lowest BCUT2D eigenvalue weighted by molar-refractivity contribution is -0.150. The highest BCUT2D eigenvalue weighted by molar-refractivity contribution is 7.09. The smallest absolute Gasteiger partial charge is 0.308 e. The van der Waals surface area contributed by atoms with E-state index in [9.17, 15) is 24.0 Å². The molecule has 4 atom stereocenters. The molecule has 1 aromatic heterocycles. The average Bonchev–Trinajstić information content (AvgIpc) is 3.57. The van der Waals surface area contributed by atoms with Gasteiger partial charge in [0.25, 0.3) is 5.91 Å². The van der Waals surface area contributed by atoms with E-state index in [0.717, 1.165) is 45.2 Å². The molecular weight excluding hydrogens is 644 g/mol. The van der Waals surface area contributed by atoms with Crippen molar-refractivity contribution in [3.05, 3.63) is 16.1 Å². The summed E-state index contributed by atoms with van der Waals surface area (Å²) >= 11 is 1.25. The molecule has 1 N–H and O–H groups in total. The van der Waals surface area contributed by atoms with E-state index >= 15 is 0 Å². The van der Waals surface area contributed by atoms with Crippen molar-refractivity contribution in [2.24, 2.45) is 23.7 Å². The molecule has 0 bridgehead atoms. The Hall–Kier alpha value is -2.86. The van der Waals surface area contributed by atoms with E-state index in [1.807, 2.05) is 27.7 Å². The molecular formula is C37H60N4O7S. The number of likely N-dealkylation sites (tertiary alicyclic amines) is 1. The molecule has 2 amide bonds. The number of unbranched alkanes of at least 4 members (excludes halogenated alkanes) is 1. The van der Waals surface area contributed by atoms with Crippen LogP contribution in [0.3, 0.4) is 0 Å². The Bertz CT molecular complexity index is 1260. The fourth-order valence-corrected chi connectivity index (χ4v) is 8.15. The van der Waals surface area contributed by atoms with Gasteiger partial charge in [0.05, 0.1) is 19.1 Å². The number of nitrogens with one attached hydrogen (secondary N) is 1. The molecule has 1 aliphatic heterocycles. The predicted octanol–water partition coefficient (Wildman–Crippen LogP) is 5.97. The molecule has 0 radical (unpaired) electrons. The number of ketones is 1. The van der Waals surface area contributed by atoms with Crippen LogP contribution in [0, 0.1) is 23.7 Å². The first kappa shape index (κ1) is 40.6. The minimum Gasteiger partial charge on any atom is -0.469 e. The number of esters is 2. The highest BCUT2D eigenvalue weighted by Gasteiger charge is 2.37. The first-order valence-corrected chi connectivity index (χ1v) is 19.2. The second-order valence-electron chi connectivity index (χ2n) is 14.6. The van der Waals surface area contributed by atoms with E-state index in [-0.39, 0.29) is 71.6 Å². The van der Waals surface area contributed by atoms with Crippen molar-refractivity contribution >= 4 is 40.9 Å². The van der Waals surface area contributed by atoms with Crippen LogP contribution in [0.15, 0.2) is 5.38 Å². The summed E-state index contributed by atoms with van der Waals surface area (Å²) in [5, 5.41) is 5.18. The van der Waals surface area contributed by atoms with Crippen molar-refractivity contribution in [1.82, 2.24) is 20.1 Å². The normalized spacial score (nSPS) is 21.9. The van der Waals surface area contributed by atoms with Gasteiger partial charge in [-0.2, -0.15) is 0 Å². The maximum Gasteiger partial charge on any atom is 0.308 e. The average molecular weight is 705 g/mol. The van der Waals surface area contributed by atoms with Crippen molar-refractivity contribution in [2.45, 2.75) is 136 Å². The van der Waals surface area contributed by atoms with Crippen molar-refractivity contribution in [3.8, 4) is 0 Å². The van der Waals surface area contributed by atoms with Gasteiger partial charge in [0.1, 0.15) is 10.7 Å². The van der Waals surface area contributed by atoms with Gasteiger partial charge < -0.3 is 19.7 Å². The summed E-state index contributed by atoms with van der Waals surface area (Å²) in [6, 6.07) is -0.499. The monoisotopic (exact) mass is 704 g/mol. The van der Waals surface area contributed by atoms with Gasteiger partial charge in [-0.05, 0) is 69.9 Å². The first-order valence-electron chi connectivity index (χ1n) is 18.3. The molecule has 2 heterocycles. The van der Waals surface area contributed by atoms with Crippen molar-refractivity contribution in [2.75, 3.05) is 27.2 Å². The second-order valence-corrected chi connectivity index (χ2v) is 15.5. The Morgan fingerprint density at radius 3 is 2.33 bits per heavy atom. The minimum absolute atomic E-state index is 0.0150. The van der Waals surface area contributed by atoms with E-state index in [1.54, 1.807) is 17.3 Å². The molecule has 2 aliphatic rings. The summed E-state index contributed by atoms with van der Waals surface area (Å²) in [6.07, 6.45) is 7.54. The van der Waals surface area contributed by atoms with E-state index in [4.69, 9.17) is 9.47 Å². The number of methoxy groups -OCH3 is 1. The minimum atomic E-state index is -0.754. The van der Waals surface area contributed by atoms with Crippen LogP contribution in [0.4, 0.5) is 0 Å². The van der Waals surface area contributed by atoms with E-state index < -0.39 is 18.0 Å². The number of rotatable bonds is 17. The third kappa shape index (κ3) is 11.6. The zero-order chi connectivity index (χ0) is 36.2. The number of thiazole rings is 1. The quantitative estimate of drug-likeness (QED) is 0.195. The number of amides is 2. The zero-order valence-corrected chi connectivity index (χ0v) is 31.8. The van der Waals surface area contributed by atoms with E-state index in [2.05, 4.69) is 22.1 Å². The second kappa shape index (κ2) is 19.5. The standard InChI is InChI=1S/C37H60N4O7S/c1-9-10-18-41-19-12-11-13-30(41)32(43)20-28(23(2)3)36(45)40(7)31(24(4)5)21-33(48-25(6)42)35-39-29(22-49-35)34(44)38-27-16-14-26(15-17-27)37(46)47-8/h22-24,26-28,30-31,33H,9-21H2,1-8H3,(H,38,44)/t26?,27?,28-,30+,31+,33+/m0/s1. The van der Waals surface area contributed by atoms with Gasteiger partial charge >= 0.3 is 11.9 Å². The van der Waals surface area contributed by atoms with Crippen LogP contribution in [0.1, 0.15) is 134 Å². The third-order valence-corrected chi connectivity index (χ3v) is 11.3. The molecule has 2 fully saturated rings. The van der Waals surface area contributed by atoms with Crippen LogP contribution in [0.5, 0.6) is 0 Å². The molecule has 0 unspecified atom stereocenters. The Kier molecular flexibility index (Phi) is 16.2. The molecule has 1 saturated carbocycles. The van der Waals surface area contributed by atoms with Gasteiger partial charge in [-0.15, -0.1) is 11.3 Å². The van der Waals surface area contributed by atoms with Gasteiger partial charge in [-0.25, -0.2) is 4.98 Å². The predicted molar refractivity (Wildman–Crippen MR) is 190 cm³/mol. The lowest BCUT2D eigenvalue weighted by Crippen LogP contribution is -2.48. The lowest BCUT2D eigenvalue weighted by atomic mass is 9.84. The number of nitrogens with zero attached hydrogens (tertiary/aromatic N) is 3. The van der Waals surface area contributed by atoms with Crippen LogP contribution in [-0.2, 0) is 28.7 Å². The van der Waals surface area contributed by atoms with Crippen molar-refractivity contribution < 1.29 is 33.4 Å². The number of hydrogen-bond acceptors (Lipinski definition) is 10. The summed E-state index contributed by atoms with van der Waals surface area (Å²) in [7, 11) is 3.17. The summed E-state index contributed by atoms with van der Waals surface area (Å²) < 4.78 is 10.6. The van der Waals surface area contributed by atoms with E-state index in [0.29, 0.717) is 37.1 Å². The highest BCUT2D eigenvalue weighted by atomic mass is 32.1. The molecule has 49 heavy (non-hydrogen) atoms. The number of Topliss-reactive ketones (excluding diaryl/α,β-unsaturated/α-hetero) is 1. The van der Waals surface area contributed by atoms with Crippen LogP contribution >= 0.6 is 11.3 Å². The van der Waals surface area contributed by atoms with Crippen LogP contribution in [0.25, 0.3) is 0 Å². The van der Waals surface area contributed by atoms with Crippen LogP contribution < -0.4 is 5.32 Å². The summed E-state index contributed by atoms with van der Waals surface area (Å²) in [6.45, 7) is 13.4. The maximum atomic E-state index is 14.2. The van der Waals surface area contributed by atoms with Crippen LogP contribution in [0.2, 0.25) is 0 Å². The Morgan fingerprint density at radius 1 is 1.04 bits per heavy atom. The zero-order valence-electron chi connectivity index (χ0n) is 31.0. The topological polar surface area (TPSA) is 135 Å². The molecule has 1 aromatic rings. The molecule has 0 aromatic carbocycles. The van der Waals surface area contributed by atoms with Crippen LogP contribution in [-0.4, -0.2) is 89.7 Å². The molecule has 11 nitrogen and oxygen atoms in total. The van der Waals surface area contributed by atoms with Gasteiger partial charge in [0, 0.05) is 50.2 Å². The fourth-order valence-electron chi connectivity index (χ4n) is 7.31. The Labute approximate surface area is 297 Å². The molecule has 1 aliphatic carbocycles. The van der Waals surface area contributed by atoms with E-state index in [1.165, 1.54) is 25.4 Å². The van der Waals surface area contributed by atoms with Gasteiger partial charge in [-0.3, -0.25) is 28.9 Å². The van der Waals surface area contributed by atoms with Gasteiger partial charge in [-0.1, -0.05) is 47.5 Å². The first-order chi connectivity index (χ1) is 23.3. The highest BCUT2D eigenvalue weighted by Crippen LogP contribution is 2.33. The summed E-state index contributed by atoms with van der Waals surface area (Å²) in [4.78, 5) is 73.8. The third-order valence-electron chi connectivity index (χ3n) is 10.3. The number of hydrogen-bond donors (Lipinski definition) is 1. The fraction of sp³-hybridized carbons (Fsp3) is 0.784. The summed E-state index contributed by atoms with van der Waals surface area (Å²) in [5.74, 6) is -1.54. The number of ether oxygens (including phenoxy) is 2. The van der Waals surface area contributed by atoms with Crippen molar-refractivity contribution in [1.29, 1.82) is 0 Å². The molecule has 12 heteroatoms. The van der Waals surface area contributed by atoms with Gasteiger partial charge in [0.2, 0.25) is 5.91 Å². The Balaban J connectivity index is 1.71.